The van der Waals surface area contributed by atoms with E-state index in [0.717, 1.165) is 50.2 Å². The summed E-state index contributed by atoms with van der Waals surface area (Å²) in [7, 11) is 0. The number of hydrogen-bond donors (Lipinski definition) is 0. The highest BCUT2D eigenvalue weighted by atomic mass is 32.1. The molecule has 122 valence electrons. The quantitative estimate of drug-likeness (QED) is 0.860. The SMILES string of the molecule is O=C(C1CCCC1)N1CCC(c2nnc(-c3ccsc3)o2)CC1. The van der Waals surface area contributed by atoms with Gasteiger partial charge in [0, 0.05) is 35.9 Å². The monoisotopic (exact) mass is 331 g/mol. The smallest absolute Gasteiger partial charge is 0.248 e. The van der Waals surface area contributed by atoms with Crippen LogP contribution in [-0.4, -0.2) is 34.1 Å². The van der Waals surface area contributed by atoms with E-state index in [0.29, 0.717) is 11.8 Å². The first kappa shape index (κ1) is 14.9. The first-order chi connectivity index (χ1) is 11.3. The summed E-state index contributed by atoms with van der Waals surface area (Å²) >= 11 is 1.62. The van der Waals surface area contributed by atoms with Crippen molar-refractivity contribution >= 4 is 17.2 Å². The van der Waals surface area contributed by atoms with Crippen LogP contribution in [0.1, 0.15) is 50.3 Å². The second-order valence-electron chi connectivity index (χ2n) is 6.54. The molecule has 2 fully saturated rings. The van der Waals surface area contributed by atoms with Gasteiger partial charge in [-0.1, -0.05) is 12.8 Å². The van der Waals surface area contributed by atoms with E-state index in [1.807, 2.05) is 21.7 Å². The topological polar surface area (TPSA) is 59.2 Å². The molecule has 2 aliphatic rings. The Kier molecular flexibility index (Phi) is 4.16. The van der Waals surface area contributed by atoms with Crippen LogP contribution in [-0.2, 0) is 4.79 Å². The van der Waals surface area contributed by atoms with Gasteiger partial charge in [0.05, 0.1) is 0 Å². The molecule has 2 aromatic rings. The molecule has 0 spiro atoms. The minimum Gasteiger partial charge on any atom is -0.420 e. The van der Waals surface area contributed by atoms with Crippen LogP contribution in [0.4, 0.5) is 0 Å². The third kappa shape index (κ3) is 3.04. The maximum atomic E-state index is 12.5. The van der Waals surface area contributed by atoms with Gasteiger partial charge in [0.25, 0.3) is 0 Å². The Bertz CT molecular complexity index is 653. The maximum Gasteiger partial charge on any atom is 0.248 e. The van der Waals surface area contributed by atoms with Crippen molar-refractivity contribution in [1.29, 1.82) is 0 Å². The molecule has 0 N–H and O–H groups in total. The number of likely N-dealkylation sites (tertiary alicyclic amines) is 1. The van der Waals surface area contributed by atoms with Crippen molar-refractivity contribution in [3.05, 3.63) is 22.7 Å². The second-order valence-corrected chi connectivity index (χ2v) is 7.32. The Morgan fingerprint density at radius 2 is 1.96 bits per heavy atom. The number of nitrogens with zero attached hydrogens (tertiary/aromatic N) is 3. The van der Waals surface area contributed by atoms with Gasteiger partial charge >= 0.3 is 0 Å². The second kappa shape index (κ2) is 6.43. The molecule has 6 heteroatoms. The lowest BCUT2D eigenvalue weighted by Crippen LogP contribution is -2.40. The van der Waals surface area contributed by atoms with Gasteiger partial charge in [-0.3, -0.25) is 4.79 Å². The molecule has 23 heavy (non-hydrogen) atoms. The zero-order chi connectivity index (χ0) is 15.6. The summed E-state index contributed by atoms with van der Waals surface area (Å²) in [5.41, 5.74) is 0.989. The number of thiophene rings is 1. The van der Waals surface area contributed by atoms with Crippen LogP contribution >= 0.6 is 11.3 Å². The minimum atomic E-state index is 0.278. The molecule has 0 aromatic carbocycles. The molecular weight excluding hydrogens is 310 g/mol. The van der Waals surface area contributed by atoms with Crippen LogP contribution in [0, 0.1) is 5.92 Å². The Balaban J connectivity index is 1.37. The Morgan fingerprint density at radius 1 is 1.17 bits per heavy atom. The number of aromatic nitrogens is 2. The van der Waals surface area contributed by atoms with Crippen LogP contribution in [0.3, 0.4) is 0 Å². The highest BCUT2D eigenvalue weighted by molar-refractivity contribution is 7.08. The van der Waals surface area contributed by atoms with Crippen molar-refractivity contribution in [3.63, 3.8) is 0 Å². The zero-order valence-corrected chi connectivity index (χ0v) is 13.9. The summed E-state index contributed by atoms with van der Waals surface area (Å²) in [6, 6.07) is 1.99. The fraction of sp³-hybridized carbons (Fsp3) is 0.588. The Labute approximate surface area is 139 Å². The lowest BCUT2D eigenvalue weighted by molar-refractivity contribution is -0.136. The molecule has 2 aromatic heterocycles. The molecule has 1 saturated heterocycles. The zero-order valence-electron chi connectivity index (χ0n) is 13.1. The van der Waals surface area contributed by atoms with E-state index in [1.54, 1.807) is 11.3 Å². The average Bonchev–Trinajstić information content (AvgIpc) is 3.36. The van der Waals surface area contributed by atoms with Crippen molar-refractivity contribution in [2.24, 2.45) is 5.92 Å². The first-order valence-corrected chi connectivity index (χ1v) is 9.40. The van der Waals surface area contributed by atoms with Gasteiger partial charge < -0.3 is 9.32 Å². The van der Waals surface area contributed by atoms with Crippen LogP contribution < -0.4 is 0 Å². The van der Waals surface area contributed by atoms with Crippen molar-refractivity contribution in [3.8, 4) is 11.5 Å². The summed E-state index contributed by atoms with van der Waals surface area (Å²) in [4.78, 5) is 14.5. The molecule has 1 aliphatic heterocycles. The van der Waals surface area contributed by atoms with E-state index >= 15 is 0 Å². The van der Waals surface area contributed by atoms with Crippen LogP contribution in [0.25, 0.3) is 11.5 Å². The molecule has 5 nitrogen and oxygen atoms in total. The number of amides is 1. The van der Waals surface area contributed by atoms with E-state index in [-0.39, 0.29) is 11.8 Å². The van der Waals surface area contributed by atoms with Crippen LogP contribution in [0.15, 0.2) is 21.2 Å². The molecule has 0 atom stereocenters. The third-order valence-electron chi connectivity index (χ3n) is 5.07. The van der Waals surface area contributed by atoms with E-state index in [2.05, 4.69) is 10.2 Å². The maximum absolute atomic E-state index is 12.5. The fourth-order valence-electron chi connectivity index (χ4n) is 3.68. The molecule has 0 unspecified atom stereocenters. The third-order valence-corrected chi connectivity index (χ3v) is 5.75. The van der Waals surface area contributed by atoms with Gasteiger partial charge in [0.15, 0.2) is 0 Å². The molecule has 1 amide bonds. The van der Waals surface area contributed by atoms with E-state index in [4.69, 9.17) is 4.42 Å². The molecular formula is C17H21N3O2S. The van der Waals surface area contributed by atoms with Crippen molar-refractivity contribution in [1.82, 2.24) is 15.1 Å². The number of carbonyl (C=O) groups excluding carboxylic acids is 1. The number of piperidine rings is 1. The van der Waals surface area contributed by atoms with Crippen LogP contribution in [0.2, 0.25) is 0 Å². The number of carbonyl (C=O) groups is 1. The molecule has 0 radical (unpaired) electrons. The van der Waals surface area contributed by atoms with E-state index in [9.17, 15) is 4.79 Å². The van der Waals surface area contributed by atoms with Gasteiger partial charge in [-0.05, 0) is 37.1 Å². The summed E-state index contributed by atoms with van der Waals surface area (Å²) in [6.07, 6.45) is 6.41. The largest absolute Gasteiger partial charge is 0.420 e. The highest BCUT2D eigenvalue weighted by Gasteiger charge is 2.31. The Morgan fingerprint density at radius 3 is 2.65 bits per heavy atom. The van der Waals surface area contributed by atoms with E-state index in [1.165, 1.54) is 12.8 Å². The lowest BCUT2D eigenvalue weighted by Gasteiger charge is -2.32. The number of rotatable bonds is 3. The van der Waals surface area contributed by atoms with Gasteiger partial charge in [-0.15, -0.1) is 10.2 Å². The molecule has 1 aliphatic carbocycles. The molecule has 4 rings (SSSR count). The van der Waals surface area contributed by atoms with Gasteiger partial charge in [0.2, 0.25) is 17.7 Å². The minimum absolute atomic E-state index is 0.278. The first-order valence-electron chi connectivity index (χ1n) is 8.46. The standard InChI is InChI=1S/C17H21N3O2S/c21-17(13-3-1-2-4-13)20-8-5-12(6-9-20)15-18-19-16(22-15)14-7-10-23-11-14/h7,10-13H,1-6,8-9H2. The van der Waals surface area contributed by atoms with Gasteiger partial charge in [-0.25, -0.2) is 0 Å². The predicted molar refractivity (Wildman–Crippen MR) is 88.1 cm³/mol. The van der Waals surface area contributed by atoms with Gasteiger partial charge in [-0.2, -0.15) is 11.3 Å². The number of hydrogen-bond acceptors (Lipinski definition) is 5. The van der Waals surface area contributed by atoms with Gasteiger partial charge in [0.1, 0.15) is 0 Å². The summed E-state index contributed by atoms with van der Waals surface area (Å²) in [5.74, 6) is 2.25. The molecule has 0 bridgehead atoms. The van der Waals surface area contributed by atoms with Crippen LogP contribution in [0.5, 0.6) is 0 Å². The highest BCUT2D eigenvalue weighted by Crippen LogP contribution is 2.32. The van der Waals surface area contributed by atoms with Crippen molar-refractivity contribution in [2.75, 3.05) is 13.1 Å². The lowest BCUT2D eigenvalue weighted by atomic mass is 9.95. The normalized spacial score (nSPS) is 20.3. The summed E-state index contributed by atoms with van der Waals surface area (Å²) < 4.78 is 5.84. The van der Waals surface area contributed by atoms with E-state index < -0.39 is 0 Å². The molecule has 1 saturated carbocycles. The fourth-order valence-corrected chi connectivity index (χ4v) is 4.31. The molecule has 3 heterocycles. The Hall–Kier alpha value is -1.69. The van der Waals surface area contributed by atoms with Crippen molar-refractivity contribution in [2.45, 2.75) is 44.4 Å². The average molecular weight is 331 g/mol. The van der Waals surface area contributed by atoms with Crippen molar-refractivity contribution < 1.29 is 9.21 Å². The summed E-state index contributed by atoms with van der Waals surface area (Å²) in [5, 5.41) is 12.4. The predicted octanol–water partition coefficient (Wildman–Crippen LogP) is 3.69. The summed E-state index contributed by atoms with van der Waals surface area (Å²) in [6.45, 7) is 1.63.